The molecule has 0 radical (unpaired) electrons. The minimum Gasteiger partial charge on any atom is -0.492 e. The summed E-state index contributed by atoms with van der Waals surface area (Å²) in [7, 11) is 0. The van der Waals surface area contributed by atoms with E-state index in [0.717, 1.165) is 5.82 Å². The molecule has 0 amide bonds. The molecule has 1 aromatic heterocycles. The van der Waals surface area contributed by atoms with E-state index in [1.807, 2.05) is 6.92 Å². The first-order valence-corrected chi connectivity index (χ1v) is 9.01. The van der Waals surface area contributed by atoms with Gasteiger partial charge in [-0.2, -0.15) is 0 Å². The molecule has 1 atom stereocenters. The molecule has 1 N–H and O–H groups in total. The standard InChI is InChI=1S/C20H26N2O5/c1-5-17-21-14(3)13-18(23)22(17)11-12-26-15-7-9-16(10-8-15)27-20(4,6-2)19(24)25/h7-10,13H,5-6,11-12H2,1-4H3,(H,24,25). The monoisotopic (exact) mass is 374 g/mol. The van der Waals surface area contributed by atoms with Crippen LogP contribution >= 0.6 is 0 Å². The number of carboxylic acids is 1. The van der Waals surface area contributed by atoms with Gasteiger partial charge in [-0.15, -0.1) is 0 Å². The summed E-state index contributed by atoms with van der Waals surface area (Å²) >= 11 is 0. The normalized spacial score (nSPS) is 13.0. The van der Waals surface area contributed by atoms with Crippen LogP contribution in [-0.2, 0) is 17.8 Å². The summed E-state index contributed by atoms with van der Waals surface area (Å²) in [6, 6.07) is 8.28. The number of aromatic nitrogens is 2. The van der Waals surface area contributed by atoms with Crippen molar-refractivity contribution >= 4 is 5.97 Å². The number of nitrogens with zero attached hydrogens (tertiary/aromatic N) is 2. The zero-order valence-electron chi connectivity index (χ0n) is 16.2. The van der Waals surface area contributed by atoms with E-state index in [-0.39, 0.29) is 5.56 Å². The van der Waals surface area contributed by atoms with E-state index >= 15 is 0 Å². The Kier molecular flexibility index (Phi) is 6.60. The second-order valence-electron chi connectivity index (χ2n) is 6.47. The van der Waals surface area contributed by atoms with E-state index in [1.54, 1.807) is 49.6 Å². The SMILES string of the molecule is CCc1nc(C)cc(=O)n1CCOc1ccc(OC(C)(CC)C(=O)O)cc1. The number of benzene rings is 1. The van der Waals surface area contributed by atoms with Gasteiger partial charge in [0.2, 0.25) is 5.60 Å². The second-order valence-corrected chi connectivity index (χ2v) is 6.47. The third-order valence-corrected chi connectivity index (χ3v) is 4.41. The Bertz CT molecular complexity index is 844. The van der Waals surface area contributed by atoms with Crippen LogP contribution in [0.1, 0.15) is 38.7 Å². The molecule has 7 nitrogen and oxygen atoms in total. The quantitative estimate of drug-likeness (QED) is 0.726. The van der Waals surface area contributed by atoms with E-state index < -0.39 is 11.6 Å². The summed E-state index contributed by atoms with van der Waals surface area (Å²) in [6.45, 7) is 7.79. The molecular weight excluding hydrogens is 348 g/mol. The van der Waals surface area contributed by atoms with E-state index in [1.165, 1.54) is 6.07 Å². The maximum Gasteiger partial charge on any atom is 0.347 e. The number of hydrogen-bond donors (Lipinski definition) is 1. The number of rotatable bonds is 9. The second kappa shape index (κ2) is 8.70. The third-order valence-electron chi connectivity index (χ3n) is 4.41. The van der Waals surface area contributed by atoms with Gasteiger partial charge in [0.1, 0.15) is 23.9 Å². The molecule has 7 heteroatoms. The number of carboxylic acid groups (broad SMARTS) is 1. The van der Waals surface area contributed by atoms with E-state index in [9.17, 15) is 14.7 Å². The van der Waals surface area contributed by atoms with Gasteiger partial charge >= 0.3 is 5.97 Å². The summed E-state index contributed by atoms with van der Waals surface area (Å²) in [5.41, 5.74) is -0.636. The van der Waals surface area contributed by atoms with Crippen molar-refractivity contribution in [3.05, 3.63) is 52.2 Å². The van der Waals surface area contributed by atoms with Gasteiger partial charge in [0.05, 0.1) is 6.54 Å². The number of ether oxygens (including phenoxy) is 2. The molecule has 0 saturated carbocycles. The lowest BCUT2D eigenvalue weighted by Gasteiger charge is -2.24. The fraction of sp³-hybridized carbons (Fsp3) is 0.450. The molecule has 0 bridgehead atoms. The highest BCUT2D eigenvalue weighted by Crippen LogP contribution is 2.24. The van der Waals surface area contributed by atoms with Crippen LogP contribution in [0.2, 0.25) is 0 Å². The zero-order valence-corrected chi connectivity index (χ0v) is 16.2. The lowest BCUT2D eigenvalue weighted by Crippen LogP contribution is -2.40. The lowest BCUT2D eigenvalue weighted by atomic mass is 10.0. The summed E-state index contributed by atoms with van der Waals surface area (Å²) in [4.78, 5) is 27.8. The summed E-state index contributed by atoms with van der Waals surface area (Å²) in [5, 5.41) is 9.27. The van der Waals surface area contributed by atoms with Crippen molar-refractivity contribution in [2.75, 3.05) is 6.61 Å². The van der Waals surface area contributed by atoms with E-state index in [4.69, 9.17) is 9.47 Å². The molecule has 27 heavy (non-hydrogen) atoms. The van der Waals surface area contributed by atoms with Gasteiger partial charge in [-0.05, 0) is 44.5 Å². The Morgan fingerprint density at radius 2 is 1.85 bits per heavy atom. The molecule has 0 aliphatic rings. The lowest BCUT2D eigenvalue weighted by molar-refractivity contribution is -0.154. The molecule has 0 fully saturated rings. The average Bonchev–Trinajstić information content (AvgIpc) is 2.64. The topological polar surface area (TPSA) is 90.7 Å². The Morgan fingerprint density at radius 1 is 1.22 bits per heavy atom. The van der Waals surface area contributed by atoms with Crippen LogP contribution in [0.5, 0.6) is 11.5 Å². The Hall–Kier alpha value is -2.83. The molecule has 0 aliphatic heterocycles. The number of aryl methyl sites for hydroxylation is 2. The maximum atomic E-state index is 12.1. The van der Waals surface area contributed by atoms with Crippen LogP contribution < -0.4 is 15.0 Å². The minimum atomic E-state index is -1.27. The predicted octanol–water partition coefficient (Wildman–Crippen LogP) is 2.83. The van der Waals surface area contributed by atoms with Gasteiger partial charge in [0.15, 0.2) is 0 Å². The van der Waals surface area contributed by atoms with Crippen molar-refractivity contribution in [2.45, 2.75) is 52.7 Å². The Balaban J connectivity index is 1.98. The average molecular weight is 374 g/mol. The van der Waals surface area contributed by atoms with Crippen molar-refractivity contribution in [2.24, 2.45) is 0 Å². The highest BCUT2D eigenvalue weighted by atomic mass is 16.5. The number of hydrogen-bond acceptors (Lipinski definition) is 5. The molecule has 146 valence electrons. The largest absolute Gasteiger partial charge is 0.492 e. The molecule has 0 spiro atoms. The van der Waals surface area contributed by atoms with Crippen LogP contribution in [0.4, 0.5) is 0 Å². The molecule has 1 aromatic carbocycles. The first kappa shape index (κ1) is 20.5. The summed E-state index contributed by atoms with van der Waals surface area (Å²) in [6.07, 6.45) is 1.02. The Morgan fingerprint density at radius 3 is 2.41 bits per heavy atom. The van der Waals surface area contributed by atoms with Crippen LogP contribution in [0.25, 0.3) is 0 Å². The molecule has 0 aliphatic carbocycles. The molecule has 2 aromatic rings. The fourth-order valence-electron chi connectivity index (χ4n) is 2.58. The molecule has 0 saturated heterocycles. The maximum absolute atomic E-state index is 12.1. The van der Waals surface area contributed by atoms with Crippen LogP contribution in [0.15, 0.2) is 35.1 Å². The first-order valence-electron chi connectivity index (χ1n) is 9.01. The van der Waals surface area contributed by atoms with Crippen molar-refractivity contribution in [3.8, 4) is 11.5 Å². The third kappa shape index (κ3) is 5.09. The molecular formula is C20H26N2O5. The highest BCUT2D eigenvalue weighted by Gasteiger charge is 2.33. The smallest absolute Gasteiger partial charge is 0.347 e. The van der Waals surface area contributed by atoms with Gasteiger partial charge in [-0.1, -0.05) is 13.8 Å². The number of aliphatic carboxylic acids is 1. The van der Waals surface area contributed by atoms with Gasteiger partial charge in [-0.3, -0.25) is 9.36 Å². The molecule has 1 unspecified atom stereocenters. The fourth-order valence-corrected chi connectivity index (χ4v) is 2.58. The van der Waals surface area contributed by atoms with Gasteiger partial charge in [0.25, 0.3) is 5.56 Å². The summed E-state index contributed by atoms with van der Waals surface area (Å²) in [5.74, 6) is 0.803. The molecule has 1 heterocycles. The molecule has 2 rings (SSSR count). The van der Waals surface area contributed by atoms with Gasteiger partial charge < -0.3 is 14.6 Å². The predicted molar refractivity (Wildman–Crippen MR) is 102 cm³/mol. The summed E-state index contributed by atoms with van der Waals surface area (Å²) < 4.78 is 12.9. The number of carbonyl (C=O) groups is 1. The van der Waals surface area contributed by atoms with Gasteiger partial charge in [0, 0.05) is 18.2 Å². The highest BCUT2D eigenvalue weighted by molar-refractivity contribution is 5.77. The van der Waals surface area contributed by atoms with Gasteiger partial charge in [-0.25, -0.2) is 9.78 Å². The van der Waals surface area contributed by atoms with Crippen molar-refractivity contribution in [1.29, 1.82) is 0 Å². The van der Waals surface area contributed by atoms with Crippen molar-refractivity contribution in [3.63, 3.8) is 0 Å². The zero-order chi connectivity index (χ0) is 20.0. The van der Waals surface area contributed by atoms with Crippen LogP contribution in [0.3, 0.4) is 0 Å². The Labute approximate surface area is 158 Å². The van der Waals surface area contributed by atoms with Crippen molar-refractivity contribution in [1.82, 2.24) is 9.55 Å². The minimum absolute atomic E-state index is 0.0841. The van der Waals surface area contributed by atoms with Crippen LogP contribution in [-0.4, -0.2) is 32.8 Å². The van der Waals surface area contributed by atoms with E-state index in [2.05, 4.69) is 4.98 Å². The van der Waals surface area contributed by atoms with E-state index in [0.29, 0.717) is 43.2 Å². The van der Waals surface area contributed by atoms with Crippen LogP contribution in [0, 0.1) is 6.92 Å². The van der Waals surface area contributed by atoms with Crippen molar-refractivity contribution < 1.29 is 19.4 Å². The first-order chi connectivity index (χ1) is 12.8.